The zero-order valence-corrected chi connectivity index (χ0v) is 13.0. The Morgan fingerprint density at radius 3 is 2.29 bits per heavy atom. The van der Waals surface area contributed by atoms with Crippen LogP contribution in [0.25, 0.3) is 0 Å². The Morgan fingerprint density at radius 1 is 1.24 bits per heavy atom. The van der Waals surface area contributed by atoms with Gasteiger partial charge in [0, 0.05) is 11.6 Å². The number of halogens is 3. The van der Waals surface area contributed by atoms with Gasteiger partial charge in [-0.15, -0.1) is 0 Å². The molecule has 0 aromatic heterocycles. The molecule has 0 amide bonds. The molecule has 1 N–H and O–H groups in total. The second kappa shape index (κ2) is 6.23. The van der Waals surface area contributed by atoms with E-state index in [1.54, 1.807) is 25.1 Å². The quantitative estimate of drug-likeness (QED) is 0.905. The molecule has 8 heteroatoms. The van der Waals surface area contributed by atoms with Gasteiger partial charge in [-0.05, 0) is 26.8 Å². The standard InChI is InChI=1S/C13H18F3NO3S/c1-8-5-6-12(20-4)11(7-8)9(2)17-21(18,19)10(3)13(14,15)16/h5-7,9-10,17H,1-4H3/t9-,10-/m1/s1. The predicted octanol–water partition coefficient (Wildman–Crippen LogP) is 2.93. The lowest BCUT2D eigenvalue weighted by Gasteiger charge is -2.22. The van der Waals surface area contributed by atoms with Crippen molar-refractivity contribution in [3.8, 4) is 5.75 Å². The van der Waals surface area contributed by atoms with E-state index in [0.29, 0.717) is 18.2 Å². The number of alkyl halides is 3. The fraction of sp³-hybridized carbons (Fsp3) is 0.538. The minimum absolute atomic E-state index is 0.412. The van der Waals surface area contributed by atoms with Crippen LogP contribution in [-0.4, -0.2) is 27.0 Å². The van der Waals surface area contributed by atoms with Gasteiger partial charge in [-0.25, -0.2) is 13.1 Å². The Balaban J connectivity index is 3.06. The van der Waals surface area contributed by atoms with Crippen LogP contribution in [0.3, 0.4) is 0 Å². The fourth-order valence-electron chi connectivity index (χ4n) is 1.78. The molecule has 0 fully saturated rings. The van der Waals surface area contributed by atoms with Gasteiger partial charge in [0.25, 0.3) is 0 Å². The van der Waals surface area contributed by atoms with Crippen LogP contribution in [0.15, 0.2) is 18.2 Å². The van der Waals surface area contributed by atoms with Crippen LogP contribution in [0.1, 0.15) is 31.0 Å². The molecule has 0 aliphatic heterocycles. The van der Waals surface area contributed by atoms with Crippen LogP contribution in [0.5, 0.6) is 5.75 Å². The van der Waals surface area contributed by atoms with Crippen molar-refractivity contribution in [2.24, 2.45) is 0 Å². The van der Waals surface area contributed by atoms with Gasteiger partial charge in [0.15, 0.2) is 5.25 Å². The first kappa shape index (κ1) is 17.8. The van der Waals surface area contributed by atoms with Crippen LogP contribution in [-0.2, 0) is 10.0 Å². The molecule has 21 heavy (non-hydrogen) atoms. The maximum Gasteiger partial charge on any atom is 0.406 e. The van der Waals surface area contributed by atoms with E-state index in [1.165, 1.54) is 14.0 Å². The number of sulfonamides is 1. The monoisotopic (exact) mass is 325 g/mol. The Morgan fingerprint density at radius 2 is 1.81 bits per heavy atom. The molecule has 1 rings (SSSR count). The fourth-order valence-corrected chi connectivity index (χ4v) is 2.96. The van der Waals surface area contributed by atoms with Crippen molar-refractivity contribution in [2.45, 2.75) is 38.2 Å². The molecule has 0 aliphatic rings. The average molecular weight is 325 g/mol. The molecule has 0 saturated heterocycles. The summed E-state index contributed by atoms with van der Waals surface area (Å²) >= 11 is 0. The number of benzene rings is 1. The van der Waals surface area contributed by atoms with E-state index in [9.17, 15) is 21.6 Å². The smallest absolute Gasteiger partial charge is 0.406 e. The third kappa shape index (κ3) is 4.34. The van der Waals surface area contributed by atoms with Gasteiger partial charge in [-0.1, -0.05) is 17.7 Å². The molecule has 1 aromatic carbocycles. The Labute approximate surface area is 122 Å². The molecule has 0 aliphatic carbocycles. The number of methoxy groups -OCH3 is 1. The molecule has 0 bridgehead atoms. The molecule has 4 nitrogen and oxygen atoms in total. The normalized spacial score (nSPS) is 15.6. The molecule has 0 heterocycles. The average Bonchev–Trinajstić information content (AvgIpc) is 2.36. The van der Waals surface area contributed by atoms with Gasteiger partial charge in [0.1, 0.15) is 5.75 Å². The summed E-state index contributed by atoms with van der Waals surface area (Å²) in [7, 11) is -3.12. The molecule has 0 radical (unpaired) electrons. The zero-order chi connectivity index (χ0) is 16.4. The molecular formula is C13H18F3NO3S. The Hall–Kier alpha value is -1.28. The first-order valence-corrected chi connectivity index (χ1v) is 7.76. The van der Waals surface area contributed by atoms with Crippen molar-refractivity contribution < 1.29 is 26.3 Å². The molecule has 0 saturated carbocycles. The summed E-state index contributed by atoms with van der Waals surface area (Å²) in [4.78, 5) is 0. The van der Waals surface area contributed by atoms with Gasteiger partial charge in [0.05, 0.1) is 7.11 Å². The van der Waals surface area contributed by atoms with E-state index >= 15 is 0 Å². The summed E-state index contributed by atoms with van der Waals surface area (Å²) in [5.74, 6) is 0.412. The highest BCUT2D eigenvalue weighted by Gasteiger charge is 2.45. The lowest BCUT2D eigenvalue weighted by molar-refractivity contribution is -0.127. The molecule has 0 spiro atoms. The van der Waals surface area contributed by atoms with Crippen molar-refractivity contribution in [1.82, 2.24) is 4.72 Å². The van der Waals surface area contributed by atoms with Crippen molar-refractivity contribution in [2.75, 3.05) is 7.11 Å². The molecule has 0 unspecified atom stereocenters. The van der Waals surface area contributed by atoms with Gasteiger partial charge < -0.3 is 4.74 Å². The van der Waals surface area contributed by atoms with E-state index in [0.717, 1.165) is 5.56 Å². The van der Waals surface area contributed by atoms with Crippen LogP contribution in [0, 0.1) is 6.92 Å². The number of hydrogen-bond acceptors (Lipinski definition) is 3. The maximum absolute atomic E-state index is 12.6. The molecule has 120 valence electrons. The highest BCUT2D eigenvalue weighted by molar-refractivity contribution is 7.90. The van der Waals surface area contributed by atoms with E-state index in [-0.39, 0.29) is 0 Å². The van der Waals surface area contributed by atoms with Crippen LogP contribution >= 0.6 is 0 Å². The van der Waals surface area contributed by atoms with Crippen molar-refractivity contribution in [1.29, 1.82) is 0 Å². The summed E-state index contributed by atoms with van der Waals surface area (Å²) in [5, 5.41) is -2.48. The highest BCUT2D eigenvalue weighted by Crippen LogP contribution is 2.29. The summed E-state index contributed by atoms with van der Waals surface area (Å²) in [6, 6.07) is 4.24. The first-order chi connectivity index (χ1) is 9.49. The number of rotatable bonds is 5. The lowest BCUT2D eigenvalue weighted by Crippen LogP contribution is -2.42. The van der Waals surface area contributed by atoms with E-state index in [1.807, 2.05) is 0 Å². The number of ether oxygens (including phenoxy) is 1. The van der Waals surface area contributed by atoms with Crippen molar-refractivity contribution in [3.05, 3.63) is 29.3 Å². The minimum atomic E-state index is -4.82. The molecule has 1 aromatic rings. The zero-order valence-electron chi connectivity index (χ0n) is 12.2. The Bertz CT molecular complexity index is 599. The molecular weight excluding hydrogens is 307 g/mol. The first-order valence-electron chi connectivity index (χ1n) is 6.21. The second-order valence-corrected chi connectivity index (χ2v) is 6.85. The third-order valence-electron chi connectivity index (χ3n) is 3.12. The number of aryl methyl sites for hydroxylation is 1. The summed E-state index contributed by atoms with van der Waals surface area (Å²) in [5.41, 5.74) is 1.33. The van der Waals surface area contributed by atoms with Crippen LogP contribution in [0.4, 0.5) is 13.2 Å². The van der Waals surface area contributed by atoms with Gasteiger partial charge in [0.2, 0.25) is 10.0 Å². The summed E-state index contributed by atoms with van der Waals surface area (Å²) in [6.45, 7) is 3.88. The maximum atomic E-state index is 12.6. The second-order valence-electron chi connectivity index (χ2n) is 4.81. The third-order valence-corrected chi connectivity index (χ3v) is 5.00. The van der Waals surface area contributed by atoms with E-state index in [2.05, 4.69) is 4.72 Å². The van der Waals surface area contributed by atoms with Crippen LogP contribution < -0.4 is 9.46 Å². The lowest BCUT2D eigenvalue weighted by atomic mass is 10.1. The number of hydrogen-bond donors (Lipinski definition) is 1. The predicted molar refractivity (Wildman–Crippen MR) is 73.7 cm³/mol. The highest BCUT2D eigenvalue weighted by atomic mass is 32.2. The Kier molecular flexibility index (Phi) is 5.27. The largest absolute Gasteiger partial charge is 0.496 e. The SMILES string of the molecule is COc1ccc(C)cc1[C@@H](C)NS(=O)(=O)[C@H](C)C(F)(F)F. The van der Waals surface area contributed by atoms with Crippen molar-refractivity contribution in [3.63, 3.8) is 0 Å². The number of nitrogens with one attached hydrogen (secondary N) is 1. The summed E-state index contributed by atoms with van der Waals surface area (Å²) < 4.78 is 68.4. The van der Waals surface area contributed by atoms with Gasteiger partial charge in [-0.3, -0.25) is 0 Å². The van der Waals surface area contributed by atoms with Gasteiger partial charge in [-0.2, -0.15) is 13.2 Å². The van der Waals surface area contributed by atoms with E-state index in [4.69, 9.17) is 4.74 Å². The van der Waals surface area contributed by atoms with E-state index < -0.39 is 27.5 Å². The van der Waals surface area contributed by atoms with Crippen molar-refractivity contribution >= 4 is 10.0 Å². The minimum Gasteiger partial charge on any atom is -0.496 e. The van der Waals surface area contributed by atoms with Gasteiger partial charge >= 0.3 is 6.18 Å². The summed E-state index contributed by atoms with van der Waals surface area (Å²) in [6.07, 6.45) is -4.82. The topological polar surface area (TPSA) is 55.4 Å². The van der Waals surface area contributed by atoms with Crippen LogP contribution in [0.2, 0.25) is 0 Å². The molecule has 2 atom stereocenters.